The first kappa shape index (κ1) is 8.35. The fraction of sp³-hybridized carbons (Fsp3) is 0.750. The molecule has 0 spiro atoms. The van der Waals surface area contributed by atoms with Crippen molar-refractivity contribution in [2.75, 3.05) is 13.6 Å². The van der Waals surface area contributed by atoms with Gasteiger partial charge in [-0.1, -0.05) is 0 Å². The van der Waals surface area contributed by atoms with Crippen LogP contribution in [0.25, 0.3) is 0 Å². The molecule has 0 saturated carbocycles. The van der Waals surface area contributed by atoms with E-state index in [1.807, 2.05) is 0 Å². The van der Waals surface area contributed by atoms with E-state index in [1.165, 1.54) is 12.1 Å². The molecule has 0 bridgehead atoms. The molecule has 0 amide bonds. The number of quaternary nitrogens is 1. The molecule has 5 heteroatoms. The van der Waals surface area contributed by atoms with E-state index >= 15 is 0 Å². The van der Waals surface area contributed by atoms with E-state index in [2.05, 4.69) is 0 Å². The molecule has 0 saturated heterocycles. The summed E-state index contributed by atoms with van der Waals surface area (Å²) in [5, 5.41) is 19.3. The van der Waals surface area contributed by atoms with Gasteiger partial charge in [0.25, 0.3) is 0 Å². The molecule has 0 fully saturated rings. The second-order valence-corrected chi connectivity index (χ2v) is 1.73. The van der Waals surface area contributed by atoms with E-state index in [9.17, 15) is 10.0 Å². The van der Waals surface area contributed by atoms with Gasteiger partial charge in [-0.25, -0.2) is 0 Å². The van der Waals surface area contributed by atoms with Crippen LogP contribution in [0.2, 0.25) is 0 Å². The summed E-state index contributed by atoms with van der Waals surface area (Å²) in [6, 6.07) is 0. The van der Waals surface area contributed by atoms with Gasteiger partial charge in [-0.2, -0.15) is 5.01 Å². The number of nitrogens with zero attached hydrogens (tertiary/aromatic N) is 1. The maximum atomic E-state index is 9.88. The van der Waals surface area contributed by atoms with E-state index in [0.29, 0.717) is 5.59 Å². The van der Waals surface area contributed by atoms with Crippen LogP contribution in [-0.2, 0) is 4.79 Å². The van der Waals surface area contributed by atoms with Crippen LogP contribution in [0.15, 0.2) is 0 Å². The molecule has 0 atom stereocenters. The maximum absolute atomic E-state index is 9.88. The number of aliphatic carboxylic acids is 1. The Balaban J connectivity index is 3.16. The van der Waals surface area contributed by atoms with Gasteiger partial charge >= 0.3 is 5.97 Å². The Morgan fingerprint density at radius 2 is 2.44 bits per heavy atom. The highest BCUT2D eigenvalue weighted by molar-refractivity contribution is 5.66. The van der Waals surface area contributed by atoms with Crippen molar-refractivity contribution in [3.8, 4) is 0 Å². The Kier molecular flexibility index (Phi) is 3.94. The second-order valence-electron chi connectivity index (χ2n) is 1.73. The summed E-state index contributed by atoms with van der Waals surface area (Å²) < 4.78 is 0. The lowest BCUT2D eigenvalue weighted by Gasteiger charge is -2.13. The molecule has 0 aromatic heterocycles. The minimum atomic E-state index is -0.885. The minimum Gasteiger partial charge on any atom is -0.614 e. The van der Waals surface area contributed by atoms with Gasteiger partial charge in [0.05, 0.1) is 13.0 Å². The van der Waals surface area contributed by atoms with Crippen LogP contribution in [-0.4, -0.2) is 29.7 Å². The van der Waals surface area contributed by atoms with E-state index in [-0.39, 0.29) is 13.0 Å². The van der Waals surface area contributed by atoms with Crippen molar-refractivity contribution in [3.05, 3.63) is 5.21 Å². The molecule has 0 aliphatic heterocycles. The lowest BCUT2D eigenvalue weighted by atomic mass is 10.4. The van der Waals surface area contributed by atoms with E-state index in [1.54, 1.807) is 0 Å². The van der Waals surface area contributed by atoms with Crippen molar-refractivity contribution in [1.82, 2.24) is 5.01 Å². The van der Waals surface area contributed by atoms with Crippen molar-refractivity contribution in [3.63, 3.8) is 0 Å². The van der Waals surface area contributed by atoms with Crippen molar-refractivity contribution < 1.29 is 15.5 Å². The molecule has 0 aromatic carbocycles. The number of carboxylic acid groups (broad SMARTS) is 1. The normalized spacial score (nSPS) is 10.1. The smallest absolute Gasteiger partial charge is 0.304 e. The van der Waals surface area contributed by atoms with Gasteiger partial charge in [0.1, 0.15) is 0 Å². The maximum Gasteiger partial charge on any atom is 0.304 e. The van der Waals surface area contributed by atoms with Crippen molar-refractivity contribution >= 4 is 5.97 Å². The Morgan fingerprint density at radius 3 is 2.78 bits per heavy atom. The number of carboxylic acids is 1. The Bertz CT molecular complexity index is 95.8. The van der Waals surface area contributed by atoms with Gasteiger partial charge in [0, 0.05) is 7.05 Å². The SMILES string of the molecule is CN(CCC(=O)O)[NH2+][O-]. The quantitative estimate of drug-likeness (QED) is 0.357. The second kappa shape index (κ2) is 4.25. The molecular weight excluding hydrogens is 124 g/mol. The van der Waals surface area contributed by atoms with Crippen LogP contribution >= 0.6 is 0 Å². The number of rotatable bonds is 4. The monoisotopic (exact) mass is 134 g/mol. The fourth-order valence-electron chi connectivity index (χ4n) is 0.325. The number of carbonyl (C=O) groups is 1. The predicted octanol–water partition coefficient (Wildman–Crippen LogP) is -1.63. The number of hydrogen-bond donors (Lipinski definition) is 2. The molecule has 0 unspecified atom stereocenters. The standard InChI is InChI=1S/C4H10N2O3/c1-6(5-9)3-2-4(7)8/h2-3,5H2,1H3,(H,7,8). The van der Waals surface area contributed by atoms with Crippen LogP contribution in [0.5, 0.6) is 0 Å². The van der Waals surface area contributed by atoms with Gasteiger partial charge in [-0.05, 0) is 0 Å². The number of hydrogen-bond acceptors (Lipinski definition) is 3. The highest BCUT2D eigenvalue weighted by atomic mass is 16.5. The minimum absolute atomic E-state index is 0.00917. The molecule has 3 N–H and O–H groups in total. The van der Waals surface area contributed by atoms with Crippen LogP contribution in [0, 0.1) is 5.21 Å². The molecule has 9 heavy (non-hydrogen) atoms. The summed E-state index contributed by atoms with van der Waals surface area (Å²) in [6.07, 6.45) is 0.00917. The molecule has 0 heterocycles. The third-order valence-corrected chi connectivity index (χ3v) is 0.858. The Morgan fingerprint density at radius 1 is 1.89 bits per heavy atom. The van der Waals surface area contributed by atoms with E-state index in [4.69, 9.17) is 5.11 Å². The summed E-state index contributed by atoms with van der Waals surface area (Å²) in [5.41, 5.74) is 0.600. The lowest BCUT2D eigenvalue weighted by molar-refractivity contribution is -0.746. The first-order valence-electron chi connectivity index (χ1n) is 2.54. The third kappa shape index (κ3) is 5.22. The van der Waals surface area contributed by atoms with E-state index in [0.717, 1.165) is 0 Å². The van der Waals surface area contributed by atoms with Crippen LogP contribution in [0.4, 0.5) is 0 Å². The third-order valence-electron chi connectivity index (χ3n) is 0.858. The number of nitrogens with two attached hydrogens (primary N) is 1. The van der Waals surface area contributed by atoms with E-state index < -0.39 is 5.97 Å². The zero-order chi connectivity index (χ0) is 7.28. The Labute approximate surface area is 52.8 Å². The summed E-state index contributed by atoms with van der Waals surface area (Å²) >= 11 is 0. The lowest BCUT2D eigenvalue weighted by Crippen LogP contribution is -2.87. The molecule has 0 aliphatic rings. The first-order chi connectivity index (χ1) is 4.16. The molecule has 54 valence electrons. The topological polar surface area (TPSA) is 80.2 Å². The average molecular weight is 134 g/mol. The van der Waals surface area contributed by atoms with Crippen LogP contribution < -0.4 is 5.59 Å². The summed E-state index contributed by atoms with van der Waals surface area (Å²) in [6.45, 7) is 0.277. The molecule has 5 nitrogen and oxygen atoms in total. The predicted molar refractivity (Wildman–Crippen MR) is 30.2 cm³/mol. The van der Waals surface area contributed by atoms with Crippen LogP contribution in [0.3, 0.4) is 0 Å². The van der Waals surface area contributed by atoms with Gasteiger partial charge < -0.3 is 15.9 Å². The molecular formula is C4H10N2O3. The zero-order valence-corrected chi connectivity index (χ0v) is 5.20. The van der Waals surface area contributed by atoms with Crippen molar-refractivity contribution in [2.45, 2.75) is 6.42 Å². The summed E-state index contributed by atoms with van der Waals surface area (Å²) in [7, 11) is 1.54. The van der Waals surface area contributed by atoms with Crippen LogP contribution in [0.1, 0.15) is 6.42 Å². The molecule has 0 rings (SSSR count). The van der Waals surface area contributed by atoms with Gasteiger partial charge in [0.2, 0.25) is 0 Å². The van der Waals surface area contributed by atoms with Gasteiger partial charge in [-0.3, -0.25) is 4.79 Å². The zero-order valence-electron chi connectivity index (χ0n) is 5.20. The van der Waals surface area contributed by atoms with Crippen molar-refractivity contribution in [1.29, 1.82) is 0 Å². The fourth-order valence-corrected chi connectivity index (χ4v) is 0.325. The summed E-state index contributed by atoms with van der Waals surface area (Å²) in [5.74, 6) is -0.885. The summed E-state index contributed by atoms with van der Waals surface area (Å²) in [4.78, 5) is 9.88. The van der Waals surface area contributed by atoms with Gasteiger partial charge in [0.15, 0.2) is 0 Å². The first-order valence-corrected chi connectivity index (χ1v) is 2.54. The highest BCUT2D eigenvalue weighted by Gasteiger charge is 1.99. The molecule has 0 aliphatic carbocycles. The highest BCUT2D eigenvalue weighted by Crippen LogP contribution is 1.77. The van der Waals surface area contributed by atoms with Crippen molar-refractivity contribution in [2.24, 2.45) is 0 Å². The van der Waals surface area contributed by atoms with Gasteiger partial charge in [-0.15, -0.1) is 0 Å². The average Bonchev–Trinajstić information content (AvgIpc) is 1.83. The Hall–Kier alpha value is -0.650. The molecule has 0 radical (unpaired) electrons. The molecule has 0 aromatic rings. The largest absolute Gasteiger partial charge is 0.614 e.